The molecule has 1 aliphatic heterocycles. The summed E-state index contributed by atoms with van der Waals surface area (Å²) in [5, 5.41) is 19.0. The van der Waals surface area contributed by atoms with Crippen LogP contribution in [0.3, 0.4) is 0 Å². The zero-order valence-electron chi connectivity index (χ0n) is 11.5. The third-order valence-electron chi connectivity index (χ3n) is 3.53. The van der Waals surface area contributed by atoms with Crippen molar-refractivity contribution in [2.24, 2.45) is 0 Å². The first-order chi connectivity index (χ1) is 10.2. The first-order valence-corrected chi connectivity index (χ1v) is 7.48. The van der Waals surface area contributed by atoms with E-state index in [1.165, 1.54) is 11.3 Å². The Labute approximate surface area is 126 Å². The molecule has 0 aliphatic carbocycles. The van der Waals surface area contributed by atoms with E-state index in [1.807, 2.05) is 29.2 Å². The van der Waals surface area contributed by atoms with Crippen molar-refractivity contribution in [3.63, 3.8) is 0 Å². The van der Waals surface area contributed by atoms with Gasteiger partial charge in [-0.2, -0.15) is 0 Å². The molecule has 0 radical (unpaired) electrons. The molecule has 1 aromatic heterocycles. The van der Waals surface area contributed by atoms with Crippen LogP contribution in [-0.4, -0.2) is 41.0 Å². The number of rotatable bonds is 4. The quantitative estimate of drug-likeness (QED) is 0.934. The van der Waals surface area contributed by atoms with Crippen LogP contribution in [0, 0.1) is 0 Å². The number of methoxy groups -OCH3 is 1. The number of hydrogen-bond donors (Lipinski definition) is 1. The molecule has 1 aliphatic rings. The van der Waals surface area contributed by atoms with Crippen LogP contribution >= 0.6 is 11.3 Å². The van der Waals surface area contributed by atoms with Crippen LogP contribution in [-0.2, 0) is 4.79 Å². The van der Waals surface area contributed by atoms with Gasteiger partial charge >= 0.3 is 5.97 Å². The minimum atomic E-state index is -0.798. The summed E-state index contributed by atoms with van der Waals surface area (Å²) in [5.74, 6) is -0.0114. The van der Waals surface area contributed by atoms with Gasteiger partial charge < -0.3 is 14.7 Å². The van der Waals surface area contributed by atoms with E-state index in [9.17, 15) is 9.90 Å². The molecular weight excluding hydrogens is 290 g/mol. The fourth-order valence-corrected chi connectivity index (χ4v) is 3.36. The molecule has 0 amide bonds. The van der Waals surface area contributed by atoms with E-state index in [-0.39, 0.29) is 0 Å². The maximum absolute atomic E-state index is 11.2. The Morgan fingerprint density at radius 2 is 2.14 bits per heavy atom. The summed E-state index contributed by atoms with van der Waals surface area (Å²) in [6.45, 7) is 0.716. The lowest BCUT2D eigenvalue weighted by Crippen LogP contribution is -2.35. The van der Waals surface area contributed by atoms with Crippen molar-refractivity contribution in [3.8, 4) is 16.3 Å². The Morgan fingerprint density at radius 3 is 2.81 bits per heavy atom. The van der Waals surface area contributed by atoms with Gasteiger partial charge in [0.15, 0.2) is 0 Å². The van der Waals surface area contributed by atoms with Gasteiger partial charge in [0.2, 0.25) is 5.13 Å². The summed E-state index contributed by atoms with van der Waals surface area (Å²) in [6, 6.07) is 7.09. The van der Waals surface area contributed by atoms with Gasteiger partial charge in [0.1, 0.15) is 16.8 Å². The molecule has 2 aromatic rings. The number of nitrogens with zero attached hydrogens (tertiary/aromatic N) is 3. The second-order valence-electron chi connectivity index (χ2n) is 4.81. The van der Waals surface area contributed by atoms with Gasteiger partial charge in [0, 0.05) is 12.1 Å². The number of hydrogen-bond acceptors (Lipinski definition) is 6. The molecular formula is C14H15N3O3S. The SMILES string of the molecule is COc1ccc(-c2nnc(N3CCCC3C(=O)O)s2)cc1. The van der Waals surface area contributed by atoms with Crippen molar-refractivity contribution in [3.05, 3.63) is 24.3 Å². The molecule has 1 N–H and O–H groups in total. The minimum Gasteiger partial charge on any atom is -0.497 e. The highest BCUT2D eigenvalue weighted by molar-refractivity contribution is 7.18. The van der Waals surface area contributed by atoms with E-state index in [1.54, 1.807) is 7.11 Å². The average Bonchev–Trinajstić information content (AvgIpc) is 3.16. The van der Waals surface area contributed by atoms with Crippen molar-refractivity contribution in [1.29, 1.82) is 0 Å². The van der Waals surface area contributed by atoms with Crippen LogP contribution in [0.1, 0.15) is 12.8 Å². The molecule has 2 heterocycles. The predicted molar refractivity (Wildman–Crippen MR) is 79.9 cm³/mol. The standard InChI is InChI=1S/C14H15N3O3S/c1-20-10-6-4-9(5-7-10)12-15-16-14(21-12)17-8-2-3-11(17)13(18)19/h4-7,11H,2-3,8H2,1H3,(H,18,19). The third kappa shape index (κ3) is 2.69. The number of aliphatic carboxylic acids is 1. The van der Waals surface area contributed by atoms with Gasteiger partial charge in [-0.1, -0.05) is 11.3 Å². The molecule has 0 saturated carbocycles. The Morgan fingerprint density at radius 1 is 1.38 bits per heavy atom. The summed E-state index contributed by atoms with van der Waals surface area (Å²) in [6.07, 6.45) is 1.53. The van der Waals surface area contributed by atoms with Gasteiger partial charge in [-0.15, -0.1) is 10.2 Å². The molecule has 3 rings (SSSR count). The maximum Gasteiger partial charge on any atom is 0.326 e. The van der Waals surface area contributed by atoms with Gasteiger partial charge in [0.05, 0.1) is 7.11 Å². The van der Waals surface area contributed by atoms with Crippen LogP contribution in [0.4, 0.5) is 5.13 Å². The number of carboxylic acids is 1. The van der Waals surface area contributed by atoms with Crippen molar-refractivity contribution in [1.82, 2.24) is 10.2 Å². The van der Waals surface area contributed by atoms with Gasteiger partial charge in [-0.05, 0) is 37.1 Å². The number of aromatic nitrogens is 2. The molecule has 1 unspecified atom stereocenters. The van der Waals surface area contributed by atoms with Crippen molar-refractivity contribution >= 4 is 22.4 Å². The highest BCUT2D eigenvalue weighted by atomic mass is 32.1. The second-order valence-corrected chi connectivity index (χ2v) is 5.76. The van der Waals surface area contributed by atoms with Gasteiger partial charge in [-0.25, -0.2) is 4.79 Å². The van der Waals surface area contributed by atoms with E-state index in [2.05, 4.69) is 10.2 Å². The summed E-state index contributed by atoms with van der Waals surface area (Å²) in [4.78, 5) is 13.1. The van der Waals surface area contributed by atoms with Crippen molar-refractivity contribution < 1.29 is 14.6 Å². The number of ether oxygens (including phenoxy) is 1. The van der Waals surface area contributed by atoms with E-state index in [4.69, 9.17) is 4.74 Å². The molecule has 7 heteroatoms. The van der Waals surface area contributed by atoms with Crippen molar-refractivity contribution in [2.75, 3.05) is 18.6 Å². The number of carboxylic acid groups (broad SMARTS) is 1. The molecule has 1 aromatic carbocycles. The lowest BCUT2D eigenvalue weighted by Gasteiger charge is -2.19. The summed E-state index contributed by atoms with van der Waals surface area (Å²) < 4.78 is 5.13. The van der Waals surface area contributed by atoms with E-state index >= 15 is 0 Å². The molecule has 0 spiro atoms. The molecule has 21 heavy (non-hydrogen) atoms. The van der Waals surface area contributed by atoms with Crippen LogP contribution in [0.5, 0.6) is 5.75 Å². The predicted octanol–water partition coefficient (Wildman–Crippen LogP) is 2.27. The fraction of sp³-hybridized carbons (Fsp3) is 0.357. The summed E-state index contributed by atoms with van der Waals surface area (Å²) in [7, 11) is 1.62. The van der Waals surface area contributed by atoms with E-state index in [0.29, 0.717) is 18.1 Å². The molecule has 0 bridgehead atoms. The van der Waals surface area contributed by atoms with Gasteiger partial charge in [0.25, 0.3) is 0 Å². The minimum absolute atomic E-state index is 0.485. The molecule has 1 atom stereocenters. The first-order valence-electron chi connectivity index (χ1n) is 6.66. The normalized spacial score (nSPS) is 18.0. The first kappa shape index (κ1) is 13.8. The summed E-state index contributed by atoms with van der Waals surface area (Å²) in [5.41, 5.74) is 0.950. The number of carbonyl (C=O) groups is 1. The van der Waals surface area contributed by atoms with Crippen LogP contribution in [0.2, 0.25) is 0 Å². The maximum atomic E-state index is 11.2. The Bertz CT molecular complexity index is 641. The topological polar surface area (TPSA) is 75.6 Å². The number of anilines is 1. The number of benzene rings is 1. The van der Waals surface area contributed by atoms with Crippen LogP contribution in [0.25, 0.3) is 10.6 Å². The molecule has 1 saturated heterocycles. The fourth-order valence-electron chi connectivity index (χ4n) is 2.43. The van der Waals surface area contributed by atoms with Crippen molar-refractivity contribution in [2.45, 2.75) is 18.9 Å². The highest BCUT2D eigenvalue weighted by Gasteiger charge is 2.32. The lowest BCUT2D eigenvalue weighted by atomic mass is 10.2. The zero-order chi connectivity index (χ0) is 14.8. The Kier molecular flexibility index (Phi) is 3.74. The second kappa shape index (κ2) is 5.69. The smallest absolute Gasteiger partial charge is 0.326 e. The average molecular weight is 305 g/mol. The lowest BCUT2D eigenvalue weighted by molar-refractivity contribution is -0.138. The largest absolute Gasteiger partial charge is 0.497 e. The summed E-state index contributed by atoms with van der Waals surface area (Å²) >= 11 is 1.42. The van der Waals surface area contributed by atoms with Gasteiger partial charge in [-0.3, -0.25) is 0 Å². The molecule has 6 nitrogen and oxygen atoms in total. The Balaban J connectivity index is 1.84. The third-order valence-corrected chi connectivity index (χ3v) is 4.54. The zero-order valence-corrected chi connectivity index (χ0v) is 12.3. The Hall–Kier alpha value is -2.15. The molecule has 1 fully saturated rings. The highest BCUT2D eigenvalue weighted by Crippen LogP contribution is 2.33. The van der Waals surface area contributed by atoms with E-state index in [0.717, 1.165) is 22.7 Å². The molecule has 110 valence electrons. The van der Waals surface area contributed by atoms with E-state index < -0.39 is 12.0 Å². The van der Waals surface area contributed by atoms with Crippen LogP contribution < -0.4 is 9.64 Å². The monoisotopic (exact) mass is 305 g/mol. The van der Waals surface area contributed by atoms with Crippen LogP contribution in [0.15, 0.2) is 24.3 Å².